The number of aliphatic imine (C=N–C) groups is 1. The zero-order valence-corrected chi connectivity index (χ0v) is 12.5. The number of rotatable bonds is 1. The van der Waals surface area contributed by atoms with Crippen LogP contribution in [0.4, 0.5) is 0 Å². The molecule has 1 aliphatic heterocycles. The van der Waals surface area contributed by atoms with Crippen molar-refractivity contribution in [3.05, 3.63) is 59.7 Å². The van der Waals surface area contributed by atoms with Crippen LogP contribution in [-0.2, 0) is 10.3 Å². The lowest BCUT2D eigenvalue weighted by Crippen LogP contribution is -2.38. The van der Waals surface area contributed by atoms with Crippen molar-refractivity contribution >= 4 is 5.84 Å². The third kappa shape index (κ3) is 2.88. The summed E-state index contributed by atoms with van der Waals surface area (Å²) >= 11 is 0. The van der Waals surface area contributed by atoms with Gasteiger partial charge in [-0.25, -0.2) is 0 Å². The zero-order valence-electron chi connectivity index (χ0n) is 12.5. The van der Waals surface area contributed by atoms with Gasteiger partial charge in [0.2, 0.25) is 0 Å². The van der Waals surface area contributed by atoms with Crippen LogP contribution in [0, 0.1) is 12.3 Å². The van der Waals surface area contributed by atoms with Crippen LogP contribution >= 0.6 is 0 Å². The number of nitrogens with zero attached hydrogens (tertiary/aromatic N) is 1. The van der Waals surface area contributed by atoms with Crippen LogP contribution in [0.2, 0.25) is 0 Å². The molecule has 2 N–H and O–H groups in total. The lowest BCUT2D eigenvalue weighted by Gasteiger charge is -2.30. The monoisotopic (exact) mass is 290 g/mol. The molecule has 0 spiro atoms. The summed E-state index contributed by atoms with van der Waals surface area (Å²) in [6.07, 6.45) is 5.48. The normalized spacial score (nSPS) is 21.0. The van der Waals surface area contributed by atoms with Crippen molar-refractivity contribution in [3.8, 4) is 23.5 Å². The van der Waals surface area contributed by atoms with Gasteiger partial charge in [0.15, 0.2) is 0 Å². The van der Waals surface area contributed by atoms with E-state index in [4.69, 9.17) is 16.9 Å². The fourth-order valence-electron chi connectivity index (χ4n) is 2.63. The lowest BCUT2D eigenvalue weighted by atomic mass is 9.89. The van der Waals surface area contributed by atoms with E-state index in [2.05, 4.69) is 35.2 Å². The number of nitrogens with two attached hydrogens (primary N) is 1. The molecule has 3 heteroatoms. The number of fused-ring (bicyclic) bond motifs is 1. The van der Waals surface area contributed by atoms with Crippen molar-refractivity contribution in [2.24, 2.45) is 10.7 Å². The first-order chi connectivity index (χ1) is 10.6. The molecule has 0 amide bonds. The summed E-state index contributed by atoms with van der Waals surface area (Å²) in [5.41, 5.74) is 9.92. The number of terminal acetylenes is 1. The Kier molecular flexibility index (Phi) is 3.70. The van der Waals surface area contributed by atoms with Gasteiger partial charge in [-0.05, 0) is 35.7 Å². The highest BCUT2D eigenvalue weighted by molar-refractivity contribution is 5.82. The Labute approximate surface area is 130 Å². The van der Waals surface area contributed by atoms with Crippen LogP contribution in [0.5, 0.6) is 0 Å². The number of ether oxygens (including phenoxy) is 1. The Hall–Kier alpha value is -2.57. The lowest BCUT2D eigenvalue weighted by molar-refractivity contribution is 0.106. The molecule has 2 aliphatic carbocycles. The molecule has 110 valence electrons. The maximum Gasteiger partial charge on any atom is 0.121 e. The highest BCUT2D eigenvalue weighted by Gasteiger charge is 2.31. The Morgan fingerprint density at radius 2 is 1.91 bits per heavy atom. The minimum absolute atomic E-state index is 0.397. The highest BCUT2D eigenvalue weighted by Crippen LogP contribution is 2.32. The van der Waals surface area contributed by atoms with Gasteiger partial charge >= 0.3 is 0 Å². The van der Waals surface area contributed by atoms with Crippen LogP contribution in [0.3, 0.4) is 0 Å². The summed E-state index contributed by atoms with van der Waals surface area (Å²) in [6.45, 7) is 2.88. The predicted octanol–water partition coefficient (Wildman–Crippen LogP) is 2.94. The Bertz CT molecular complexity index is 756. The molecule has 3 nitrogen and oxygen atoms in total. The van der Waals surface area contributed by atoms with Crippen molar-refractivity contribution in [1.29, 1.82) is 0 Å². The summed E-state index contributed by atoms with van der Waals surface area (Å²) in [5.74, 6) is 3.18. The largest absolute Gasteiger partial charge is 0.386 e. The molecule has 0 aromatic heterocycles. The zero-order chi connectivity index (χ0) is 15.6. The first kappa shape index (κ1) is 14.4. The van der Waals surface area contributed by atoms with Crippen LogP contribution in [0.1, 0.15) is 18.1 Å². The van der Waals surface area contributed by atoms with E-state index in [1.807, 2.05) is 31.2 Å². The third-order valence-corrected chi connectivity index (χ3v) is 3.80. The molecular formula is C19H18N2O. The minimum Gasteiger partial charge on any atom is -0.386 e. The van der Waals surface area contributed by atoms with E-state index in [-0.39, 0.29) is 0 Å². The second kappa shape index (κ2) is 5.67. The predicted molar refractivity (Wildman–Crippen MR) is 89.6 cm³/mol. The molecule has 0 radical (unpaired) electrons. The molecule has 22 heavy (non-hydrogen) atoms. The Balaban J connectivity index is 0.000000196. The van der Waals surface area contributed by atoms with Gasteiger partial charge in [0, 0.05) is 5.56 Å². The molecule has 1 aromatic rings. The highest BCUT2D eigenvalue weighted by atomic mass is 16.5. The van der Waals surface area contributed by atoms with Crippen molar-refractivity contribution in [2.45, 2.75) is 12.5 Å². The minimum atomic E-state index is -0.467. The van der Waals surface area contributed by atoms with Crippen molar-refractivity contribution < 1.29 is 4.74 Å². The molecule has 0 saturated heterocycles. The second-order valence-corrected chi connectivity index (χ2v) is 5.64. The van der Waals surface area contributed by atoms with E-state index in [0.29, 0.717) is 19.0 Å². The van der Waals surface area contributed by atoms with Gasteiger partial charge in [0.1, 0.15) is 18.0 Å². The van der Waals surface area contributed by atoms with Gasteiger partial charge in [-0.1, -0.05) is 42.3 Å². The Morgan fingerprint density at radius 3 is 2.45 bits per heavy atom. The van der Waals surface area contributed by atoms with Gasteiger partial charge < -0.3 is 10.5 Å². The van der Waals surface area contributed by atoms with Gasteiger partial charge in [0.05, 0.1) is 6.61 Å². The summed E-state index contributed by atoms with van der Waals surface area (Å²) in [6, 6.07) is 16.2. The number of amidine groups is 1. The van der Waals surface area contributed by atoms with Crippen LogP contribution in [0.25, 0.3) is 11.1 Å². The smallest absolute Gasteiger partial charge is 0.121 e. The summed E-state index contributed by atoms with van der Waals surface area (Å²) < 4.78 is 5.43. The Morgan fingerprint density at radius 1 is 1.18 bits per heavy atom. The van der Waals surface area contributed by atoms with E-state index < -0.39 is 5.54 Å². The van der Waals surface area contributed by atoms with Gasteiger partial charge in [-0.3, -0.25) is 4.99 Å². The molecular weight excluding hydrogens is 272 g/mol. The van der Waals surface area contributed by atoms with E-state index in [9.17, 15) is 0 Å². The average Bonchev–Trinajstić information content (AvgIpc) is 3.13. The van der Waals surface area contributed by atoms with E-state index in [0.717, 1.165) is 11.1 Å². The van der Waals surface area contributed by atoms with Crippen molar-refractivity contribution in [1.82, 2.24) is 0 Å². The topological polar surface area (TPSA) is 47.6 Å². The molecule has 0 bridgehead atoms. The quantitative estimate of drug-likeness (QED) is 0.700. The molecule has 0 fully saturated rings. The fraction of sp³-hybridized carbons (Fsp3) is 0.211. The van der Waals surface area contributed by atoms with Crippen LogP contribution < -0.4 is 5.73 Å². The van der Waals surface area contributed by atoms with Gasteiger partial charge in [0.25, 0.3) is 0 Å². The molecule has 3 aliphatic rings. The van der Waals surface area contributed by atoms with Crippen molar-refractivity contribution in [2.75, 3.05) is 13.2 Å². The van der Waals surface area contributed by atoms with E-state index >= 15 is 0 Å². The number of benzene rings is 2. The first-order valence-electron chi connectivity index (χ1n) is 7.21. The SMILES string of the molecule is C#Cc1ccccc1C1(C)COCC(N)=N1.c1cc2cc-2c1. The molecule has 0 saturated carbocycles. The summed E-state index contributed by atoms with van der Waals surface area (Å²) in [4.78, 5) is 4.47. The van der Waals surface area contributed by atoms with Crippen molar-refractivity contribution in [3.63, 3.8) is 0 Å². The molecule has 1 atom stereocenters. The maximum atomic E-state index is 5.71. The molecule has 4 rings (SSSR count). The summed E-state index contributed by atoms with van der Waals surface area (Å²) in [5, 5.41) is 0. The molecule has 1 heterocycles. The molecule has 1 aromatic carbocycles. The van der Waals surface area contributed by atoms with Gasteiger partial charge in [-0.2, -0.15) is 0 Å². The van der Waals surface area contributed by atoms with Gasteiger partial charge in [-0.15, -0.1) is 6.42 Å². The molecule has 1 unspecified atom stereocenters. The van der Waals surface area contributed by atoms with Crippen LogP contribution in [0.15, 0.2) is 53.5 Å². The summed E-state index contributed by atoms with van der Waals surface area (Å²) in [7, 11) is 0. The fourth-order valence-corrected chi connectivity index (χ4v) is 2.63. The first-order valence-corrected chi connectivity index (χ1v) is 7.21. The van der Waals surface area contributed by atoms with E-state index in [1.165, 1.54) is 11.1 Å². The van der Waals surface area contributed by atoms with Crippen LogP contribution in [-0.4, -0.2) is 19.0 Å². The second-order valence-electron chi connectivity index (χ2n) is 5.64. The standard InChI is InChI=1S/C13H14N2O.C6H4/c1-3-10-6-4-5-7-11(10)13(2)9-16-8-12(14)15-13;1-2-5-4-6(5)3-1/h1,4-7H,8-9H2,2H3,(H2,14,15);1-4H. The average molecular weight is 290 g/mol. The number of hydrogen-bond acceptors (Lipinski definition) is 3. The third-order valence-electron chi connectivity index (χ3n) is 3.80. The number of hydrogen-bond donors (Lipinski definition) is 1. The maximum absolute atomic E-state index is 5.71. The van der Waals surface area contributed by atoms with E-state index in [1.54, 1.807) is 0 Å².